The number of carbonyl (C=O) groups excluding carboxylic acids is 2. The van der Waals surface area contributed by atoms with Gasteiger partial charge in [0.2, 0.25) is 5.91 Å². The molecule has 142 valence electrons. The SMILES string of the molecule is CC(=O)c1cn(C[C@H]2C[C@@H]3CCN2C[C@@H]3C(=O)NC2CCCCC2)nn1. The van der Waals surface area contributed by atoms with Crippen molar-refractivity contribution in [1.29, 1.82) is 0 Å². The van der Waals surface area contributed by atoms with E-state index in [1.165, 1.54) is 26.2 Å². The normalized spacial score (nSPS) is 31.7. The molecule has 4 fully saturated rings. The van der Waals surface area contributed by atoms with Gasteiger partial charge in [0, 0.05) is 25.6 Å². The summed E-state index contributed by atoms with van der Waals surface area (Å²) >= 11 is 0. The van der Waals surface area contributed by atoms with Crippen molar-refractivity contribution < 1.29 is 9.59 Å². The lowest BCUT2D eigenvalue weighted by Crippen LogP contribution is -2.58. The lowest BCUT2D eigenvalue weighted by molar-refractivity contribution is -0.134. The first-order chi connectivity index (χ1) is 12.6. The lowest BCUT2D eigenvalue weighted by Gasteiger charge is -2.49. The van der Waals surface area contributed by atoms with Crippen LogP contribution in [0.1, 0.15) is 62.4 Å². The molecule has 4 heterocycles. The van der Waals surface area contributed by atoms with Crippen LogP contribution in [-0.4, -0.2) is 56.8 Å². The number of ketones is 1. The van der Waals surface area contributed by atoms with Crippen molar-refractivity contribution in [2.45, 2.75) is 70.5 Å². The standard InChI is InChI=1S/C19H29N5O2/c1-13(25)18-12-24(22-21-18)10-16-9-14-7-8-23(16)11-17(14)19(26)20-15-5-3-2-4-6-15/h12,14-17H,2-11H2,1H3,(H,20,26)/t14-,16+,17-/m0/s1. The summed E-state index contributed by atoms with van der Waals surface area (Å²) in [7, 11) is 0. The molecule has 4 aliphatic rings. The second kappa shape index (κ2) is 7.47. The maximum absolute atomic E-state index is 12.8. The number of piperidine rings is 3. The Morgan fingerprint density at radius 2 is 2.04 bits per heavy atom. The smallest absolute Gasteiger partial charge is 0.224 e. The van der Waals surface area contributed by atoms with Crippen LogP contribution < -0.4 is 5.32 Å². The number of rotatable bonds is 5. The minimum atomic E-state index is -0.0545. The Morgan fingerprint density at radius 3 is 2.69 bits per heavy atom. The van der Waals surface area contributed by atoms with Gasteiger partial charge in [-0.3, -0.25) is 19.2 Å². The number of nitrogens with zero attached hydrogens (tertiary/aromatic N) is 4. The molecule has 1 saturated carbocycles. The summed E-state index contributed by atoms with van der Waals surface area (Å²) < 4.78 is 1.78. The maximum Gasteiger partial charge on any atom is 0.224 e. The average Bonchev–Trinajstić information content (AvgIpc) is 3.12. The molecule has 7 nitrogen and oxygen atoms in total. The molecule has 1 N–H and O–H groups in total. The molecule has 1 aromatic heterocycles. The Kier molecular flexibility index (Phi) is 5.07. The van der Waals surface area contributed by atoms with Crippen LogP contribution in [0, 0.1) is 11.8 Å². The Hall–Kier alpha value is -1.76. The van der Waals surface area contributed by atoms with E-state index in [4.69, 9.17) is 0 Å². The molecule has 1 aliphatic carbocycles. The van der Waals surface area contributed by atoms with Crippen LogP contribution in [0.2, 0.25) is 0 Å². The first kappa shape index (κ1) is 17.6. The predicted octanol–water partition coefficient (Wildman–Crippen LogP) is 1.64. The van der Waals surface area contributed by atoms with Crippen LogP contribution in [0.4, 0.5) is 0 Å². The third kappa shape index (κ3) is 3.68. The molecule has 1 unspecified atom stereocenters. The number of hydrogen-bond acceptors (Lipinski definition) is 5. The van der Waals surface area contributed by atoms with E-state index in [2.05, 4.69) is 20.5 Å². The summed E-state index contributed by atoms with van der Waals surface area (Å²) in [5.74, 6) is 0.806. The topological polar surface area (TPSA) is 80.1 Å². The zero-order chi connectivity index (χ0) is 18.1. The quantitative estimate of drug-likeness (QED) is 0.809. The number of carbonyl (C=O) groups is 2. The highest BCUT2D eigenvalue weighted by Crippen LogP contribution is 2.37. The minimum Gasteiger partial charge on any atom is -0.353 e. The first-order valence-electron chi connectivity index (χ1n) is 10.1. The van der Waals surface area contributed by atoms with Crippen molar-refractivity contribution >= 4 is 11.7 Å². The Bertz CT molecular complexity index is 667. The summed E-state index contributed by atoms with van der Waals surface area (Å²) in [6.45, 7) is 4.16. The van der Waals surface area contributed by atoms with Crippen LogP contribution in [0.3, 0.4) is 0 Å². The van der Waals surface area contributed by atoms with Gasteiger partial charge < -0.3 is 5.32 Å². The van der Waals surface area contributed by atoms with E-state index < -0.39 is 0 Å². The molecule has 7 heteroatoms. The zero-order valence-electron chi connectivity index (χ0n) is 15.6. The fourth-order valence-corrected chi connectivity index (χ4v) is 4.95. The fraction of sp³-hybridized carbons (Fsp3) is 0.789. The van der Waals surface area contributed by atoms with Crippen molar-refractivity contribution in [1.82, 2.24) is 25.2 Å². The Labute approximate surface area is 154 Å². The third-order valence-corrected chi connectivity index (χ3v) is 6.46. The summed E-state index contributed by atoms with van der Waals surface area (Å²) in [5.41, 5.74) is 0.422. The minimum absolute atomic E-state index is 0.0545. The average molecular weight is 359 g/mol. The second-order valence-corrected chi connectivity index (χ2v) is 8.27. The highest BCUT2D eigenvalue weighted by Gasteiger charge is 2.43. The number of fused-ring (bicyclic) bond motifs is 3. The number of nitrogens with one attached hydrogen (secondary N) is 1. The van der Waals surface area contributed by atoms with Gasteiger partial charge in [-0.1, -0.05) is 24.5 Å². The van der Waals surface area contributed by atoms with Gasteiger partial charge in [0.25, 0.3) is 0 Å². The van der Waals surface area contributed by atoms with Gasteiger partial charge >= 0.3 is 0 Å². The number of Topliss-reactive ketones (excluding diaryl/α,β-unsaturated/α-hetero) is 1. The predicted molar refractivity (Wildman–Crippen MR) is 96.6 cm³/mol. The number of aromatic nitrogens is 3. The van der Waals surface area contributed by atoms with E-state index in [1.54, 1.807) is 10.9 Å². The van der Waals surface area contributed by atoms with E-state index in [0.717, 1.165) is 45.3 Å². The Morgan fingerprint density at radius 1 is 1.23 bits per heavy atom. The van der Waals surface area contributed by atoms with Crippen LogP contribution >= 0.6 is 0 Å². The molecule has 1 amide bonds. The van der Waals surface area contributed by atoms with Gasteiger partial charge in [0.05, 0.1) is 18.7 Å². The molecule has 26 heavy (non-hydrogen) atoms. The molecule has 2 bridgehead atoms. The van der Waals surface area contributed by atoms with Gasteiger partial charge in [0.1, 0.15) is 5.69 Å². The first-order valence-corrected chi connectivity index (χ1v) is 10.1. The lowest BCUT2D eigenvalue weighted by atomic mass is 9.75. The van der Waals surface area contributed by atoms with Crippen LogP contribution in [-0.2, 0) is 11.3 Å². The van der Waals surface area contributed by atoms with Gasteiger partial charge in [-0.25, -0.2) is 0 Å². The third-order valence-electron chi connectivity index (χ3n) is 6.46. The van der Waals surface area contributed by atoms with E-state index >= 15 is 0 Å². The fourth-order valence-electron chi connectivity index (χ4n) is 4.95. The van der Waals surface area contributed by atoms with Crippen LogP contribution in [0.5, 0.6) is 0 Å². The monoisotopic (exact) mass is 359 g/mol. The van der Waals surface area contributed by atoms with Gasteiger partial charge in [0.15, 0.2) is 5.78 Å². The van der Waals surface area contributed by atoms with E-state index in [0.29, 0.717) is 23.7 Å². The van der Waals surface area contributed by atoms with Crippen molar-refractivity contribution in [2.75, 3.05) is 13.1 Å². The molecule has 4 atom stereocenters. The van der Waals surface area contributed by atoms with Crippen LogP contribution in [0.25, 0.3) is 0 Å². The maximum atomic E-state index is 12.8. The molecular weight excluding hydrogens is 330 g/mol. The van der Waals surface area contributed by atoms with Crippen molar-refractivity contribution in [2.24, 2.45) is 11.8 Å². The molecule has 1 aromatic rings. The Balaban J connectivity index is 1.34. The number of amides is 1. The molecule has 0 spiro atoms. The van der Waals surface area contributed by atoms with Gasteiger partial charge in [-0.2, -0.15) is 0 Å². The second-order valence-electron chi connectivity index (χ2n) is 8.27. The summed E-state index contributed by atoms with van der Waals surface area (Å²) in [5, 5.41) is 11.3. The molecular formula is C19H29N5O2. The van der Waals surface area contributed by atoms with Crippen molar-refractivity contribution in [3.63, 3.8) is 0 Å². The summed E-state index contributed by atoms with van der Waals surface area (Å²) in [6.07, 6.45) is 9.94. The van der Waals surface area contributed by atoms with E-state index in [9.17, 15) is 9.59 Å². The van der Waals surface area contributed by atoms with E-state index in [1.807, 2.05) is 0 Å². The molecule has 0 aromatic carbocycles. The van der Waals surface area contributed by atoms with Crippen LogP contribution in [0.15, 0.2) is 6.20 Å². The highest BCUT2D eigenvalue weighted by atomic mass is 16.2. The summed E-state index contributed by atoms with van der Waals surface area (Å²) in [6, 6.07) is 0.775. The zero-order valence-corrected chi connectivity index (χ0v) is 15.6. The van der Waals surface area contributed by atoms with Gasteiger partial charge in [-0.15, -0.1) is 5.10 Å². The van der Waals surface area contributed by atoms with E-state index in [-0.39, 0.29) is 17.6 Å². The molecule has 5 rings (SSSR count). The van der Waals surface area contributed by atoms with Gasteiger partial charge in [-0.05, 0) is 38.1 Å². The summed E-state index contributed by atoms with van der Waals surface area (Å²) in [4.78, 5) is 26.6. The molecule has 3 saturated heterocycles. The molecule has 0 radical (unpaired) electrons. The van der Waals surface area contributed by atoms with Crippen molar-refractivity contribution in [3.8, 4) is 0 Å². The highest BCUT2D eigenvalue weighted by molar-refractivity contribution is 5.91. The largest absolute Gasteiger partial charge is 0.353 e. The molecule has 3 aliphatic heterocycles. The number of hydrogen-bond donors (Lipinski definition) is 1. The van der Waals surface area contributed by atoms with Crippen molar-refractivity contribution in [3.05, 3.63) is 11.9 Å².